The van der Waals surface area contributed by atoms with Gasteiger partial charge in [0.05, 0.1) is 19.2 Å². The van der Waals surface area contributed by atoms with Gasteiger partial charge < -0.3 is 14.8 Å². The SMILES string of the molecule is COc1ccc([C@@H]2CC(=O)Nc3sc4c(c32)CCCC4)cc1OC. The summed E-state index contributed by atoms with van der Waals surface area (Å²) in [5.74, 6) is 1.63. The highest BCUT2D eigenvalue weighted by atomic mass is 32.1. The van der Waals surface area contributed by atoms with E-state index in [-0.39, 0.29) is 11.8 Å². The zero-order valence-corrected chi connectivity index (χ0v) is 14.8. The van der Waals surface area contributed by atoms with Gasteiger partial charge in [0, 0.05) is 17.2 Å². The van der Waals surface area contributed by atoms with Crippen LogP contribution >= 0.6 is 11.3 Å². The summed E-state index contributed by atoms with van der Waals surface area (Å²) in [4.78, 5) is 13.7. The van der Waals surface area contributed by atoms with Crippen LogP contribution in [0.1, 0.15) is 46.7 Å². The Morgan fingerprint density at radius 2 is 1.92 bits per heavy atom. The summed E-state index contributed by atoms with van der Waals surface area (Å²) in [6.07, 6.45) is 5.25. The summed E-state index contributed by atoms with van der Waals surface area (Å²) in [5, 5.41) is 4.15. The molecule has 1 aromatic heterocycles. The lowest BCUT2D eigenvalue weighted by atomic mass is 9.82. The third-order valence-corrected chi connectivity index (χ3v) is 6.24. The van der Waals surface area contributed by atoms with Crippen molar-refractivity contribution in [3.05, 3.63) is 39.8 Å². The molecule has 2 aliphatic rings. The number of methoxy groups -OCH3 is 2. The molecule has 0 radical (unpaired) electrons. The number of hydrogen-bond donors (Lipinski definition) is 1. The van der Waals surface area contributed by atoms with E-state index >= 15 is 0 Å². The number of ether oxygens (including phenoxy) is 2. The molecular formula is C19H21NO3S. The van der Waals surface area contributed by atoms with Crippen LogP contribution in [0.5, 0.6) is 11.5 Å². The van der Waals surface area contributed by atoms with E-state index in [1.54, 1.807) is 25.6 Å². The monoisotopic (exact) mass is 343 g/mol. The van der Waals surface area contributed by atoms with Gasteiger partial charge >= 0.3 is 0 Å². The number of hydrogen-bond acceptors (Lipinski definition) is 4. The fourth-order valence-corrected chi connectivity index (χ4v) is 5.24. The molecule has 0 fully saturated rings. The van der Waals surface area contributed by atoms with Gasteiger partial charge in [-0.1, -0.05) is 6.07 Å². The van der Waals surface area contributed by atoms with Crippen LogP contribution in [0.2, 0.25) is 0 Å². The Balaban J connectivity index is 1.82. The number of nitrogens with one attached hydrogen (secondary N) is 1. The van der Waals surface area contributed by atoms with E-state index in [0.717, 1.165) is 23.4 Å². The van der Waals surface area contributed by atoms with Gasteiger partial charge in [-0.2, -0.15) is 0 Å². The second-order valence-electron chi connectivity index (χ2n) is 6.37. The van der Waals surface area contributed by atoms with E-state index in [4.69, 9.17) is 9.47 Å². The van der Waals surface area contributed by atoms with Crippen molar-refractivity contribution < 1.29 is 14.3 Å². The molecule has 1 amide bonds. The molecule has 1 atom stereocenters. The van der Waals surface area contributed by atoms with Crippen LogP contribution in [0.4, 0.5) is 5.00 Å². The molecule has 1 N–H and O–H groups in total. The summed E-state index contributed by atoms with van der Waals surface area (Å²) in [6.45, 7) is 0. The van der Waals surface area contributed by atoms with E-state index in [0.29, 0.717) is 17.9 Å². The minimum Gasteiger partial charge on any atom is -0.493 e. The molecule has 4 nitrogen and oxygen atoms in total. The minimum absolute atomic E-state index is 0.0980. The predicted octanol–water partition coefficient (Wildman–Crippen LogP) is 4.12. The van der Waals surface area contributed by atoms with E-state index in [1.165, 1.54) is 28.8 Å². The number of benzene rings is 1. The van der Waals surface area contributed by atoms with Crippen LogP contribution in [0.3, 0.4) is 0 Å². The largest absolute Gasteiger partial charge is 0.493 e. The zero-order valence-electron chi connectivity index (χ0n) is 14.0. The van der Waals surface area contributed by atoms with Crippen LogP contribution in [-0.2, 0) is 17.6 Å². The van der Waals surface area contributed by atoms with Gasteiger partial charge in [-0.05, 0) is 54.5 Å². The summed E-state index contributed by atoms with van der Waals surface area (Å²) in [7, 11) is 3.28. The minimum atomic E-state index is 0.0980. The molecule has 1 aromatic carbocycles. The fourth-order valence-electron chi connectivity index (χ4n) is 3.87. The Labute approximate surface area is 145 Å². The maximum atomic E-state index is 12.2. The van der Waals surface area contributed by atoms with E-state index in [2.05, 4.69) is 11.4 Å². The third-order valence-electron chi connectivity index (χ3n) is 5.01. The quantitative estimate of drug-likeness (QED) is 0.912. The van der Waals surface area contributed by atoms with Crippen LogP contribution in [0, 0.1) is 0 Å². The first-order chi connectivity index (χ1) is 11.7. The second kappa shape index (κ2) is 6.13. The first kappa shape index (κ1) is 15.5. The Bertz CT molecular complexity index is 796. The van der Waals surface area contributed by atoms with Gasteiger partial charge in [0.25, 0.3) is 0 Å². The summed E-state index contributed by atoms with van der Waals surface area (Å²) in [6, 6.07) is 6.00. The molecule has 0 saturated heterocycles. The molecule has 0 unspecified atom stereocenters. The lowest BCUT2D eigenvalue weighted by molar-refractivity contribution is -0.116. The topological polar surface area (TPSA) is 47.6 Å². The number of fused-ring (bicyclic) bond motifs is 3. The molecule has 2 aromatic rings. The number of rotatable bonds is 3. The van der Waals surface area contributed by atoms with Crippen LogP contribution < -0.4 is 14.8 Å². The highest BCUT2D eigenvalue weighted by Gasteiger charge is 2.33. The number of carbonyl (C=O) groups excluding carboxylic acids is 1. The van der Waals surface area contributed by atoms with Crippen LogP contribution in [0.25, 0.3) is 0 Å². The fraction of sp³-hybridized carbons (Fsp3) is 0.421. The molecule has 126 valence electrons. The zero-order chi connectivity index (χ0) is 16.7. The lowest BCUT2D eigenvalue weighted by Gasteiger charge is -2.26. The highest BCUT2D eigenvalue weighted by Crippen LogP contribution is 2.48. The van der Waals surface area contributed by atoms with Gasteiger partial charge in [0.2, 0.25) is 5.91 Å². The van der Waals surface area contributed by atoms with Crippen molar-refractivity contribution in [1.82, 2.24) is 0 Å². The van der Waals surface area contributed by atoms with Gasteiger partial charge in [-0.25, -0.2) is 0 Å². The van der Waals surface area contributed by atoms with E-state index in [1.807, 2.05) is 12.1 Å². The van der Waals surface area contributed by atoms with Gasteiger partial charge in [-0.3, -0.25) is 4.79 Å². The predicted molar refractivity (Wildman–Crippen MR) is 95.6 cm³/mol. The van der Waals surface area contributed by atoms with Crippen molar-refractivity contribution in [2.45, 2.75) is 38.0 Å². The highest BCUT2D eigenvalue weighted by molar-refractivity contribution is 7.16. The summed E-state index contributed by atoms with van der Waals surface area (Å²) in [5.41, 5.74) is 3.93. The van der Waals surface area contributed by atoms with Crippen molar-refractivity contribution in [2.75, 3.05) is 19.5 Å². The number of thiophene rings is 1. The van der Waals surface area contributed by atoms with E-state index < -0.39 is 0 Å². The Hall–Kier alpha value is -2.01. The molecule has 1 aliphatic carbocycles. The van der Waals surface area contributed by atoms with Crippen molar-refractivity contribution in [3.63, 3.8) is 0 Å². The van der Waals surface area contributed by atoms with Gasteiger partial charge in [0.15, 0.2) is 11.5 Å². The molecule has 2 heterocycles. The Kier molecular flexibility index (Phi) is 3.96. The van der Waals surface area contributed by atoms with Crippen molar-refractivity contribution >= 4 is 22.2 Å². The number of carbonyl (C=O) groups is 1. The third kappa shape index (κ3) is 2.47. The number of aryl methyl sites for hydroxylation is 1. The molecule has 0 saturated carbocycles. The van der Waals surface area contributed by atoms with Crippen molar-refractivity contribution in [2.24, 2.45) is 0 Å². The molecule has 0 spiro atoms. The van der Waals surface area contributed by atoms with Gasteiger partial charge in [-0.15, -0.1) is 11.3 Å². The van der Waals surface area contributed by atoms with Crippen LogP contribution in [0.15, 0.2) is 18.2 Å². The smallest absolute Gasteiger partial charge is 0.225 e. The maximum Gasteiger partial charge on any atom is 0.225 e. The molecule has 5 heteroatoms. The molecule has 4 rings (SSSR count). The molecule has 1 aliphatic heterocycles. The number of anilines is 1. The normalized spacial score (nSPS) is 19.2. The Morgan fingerprint density at radius 3 is 2.71 bits per heavy atom. The van der Waals surface area contributed by atoms with Crippen molar-refractivity contribution in [1.29, 1.82) is 0 Å². The maximum absolute atomic E-state index is 12.2. The van der Waals surface area contributed by atoms with Gasteiger partial charge in [0.1, 0.15) is 0 Å². The first-order valence-corrected chi connectivity index (χ1v) is 9.19. The number of amides is 1. The average molecular weight is 343 g/mol. The van der Waals surface area contributed by atoms with Crippen molar-refractivity contribution in [3.8, 4) is 11.5 Å². The first-order valence-electron chi connectivity index (χ1n) is 8.37. The standard InChI is InChI=1S/C19H21NO3S/c1-22-14-8-7-11(9-15(14)23-2)13-10-17(21)20-19-18(13)12-5-3-4-6-16(12)24-19/h7-9,13H,3-6,10H2,1-2H3,(H,20,21)/t13-/m0/s1. The molecule has 0 bridgehead atoms. The summed E-state index contributed by atoms with van der Waals surface area (Å²) >= 11 is 1.77. The lowest BCUT2D eigenvalue weighted by Crippen LogP contribution is -2.23. The molecular weight excluding hydrogens is 322 g/mol. The Morgan fingerprint density at radius 1 is 1.12 bits per heavy atom. The van der Waals surface area contributed by atoms with E-state index in [9.17, 15) is 4.79 Å². The molecule has 24 heavy (non-hydrogen) atoms. The second-order valence-corrected chi connectivity index (χ2v) is 7.48. The van der Waals surface area contributed by atoms with Crippen LogP contribution in [-0.4, -0.2) is 20.1 Å². The summed E-state index contributed by atoms with van der Waals surface area (Å²) < 4.78 is 10.8. The average Bonchev–Trinajstić information content (AvgIpc) is 2.98.